The Balaban J connectivity index is 1.85. The summed E-state index contributed by atoms with van der Waals surface area (Å²) in [5.41, 5.74) is 2.36. The molecule has 1 fully saturated rings. The van der Waals surface area contributed by atoms with Crippen molar-refractivity contribution in [3.05, 3.63) is 35.4 Å². The van der Waals surface area contributed by atoms with E-state index in [0.717, 1.165) is 18.1 Å². The van der Waals surface area contributed by atoms with E-state index in [2.05, 4.69) is 18.1 Å². The molecular weight excluding hydrogens is 174 g/mol. The number of rotatable bonds is 4. The molecule has 0 aromatic heterocycles. The fourth-order valence-electron chi connectivity index (χ4n) is 1.26. The van der Waals surface area contributed by atoms with Gasteiger partial charge in [0.25, 0.3) is 0 Å². The zero-order chi connectivity index (χ0) is 9.80. The van der Waals surface area contributed by atoms with Gasteiger partial charge in [-0.25, -0.2) is 0 Å². The summed E-state index contributed by atoms with van der Waals surface area (Å²) >= 11 is 0. The molecule has 1 saturated carbocycles. The van der Waals surface area contributed by atoms with Crippen molar-refractivity contribution < 1.29 is 4.84 Å². The van der Waals surface area contributed by atoms with Crippen LogP contribution in [0.5, 0.6) is 0 Å². The van der Waals surface area contributed by atoms with Crippen LogP contribution in [0.4, 0.5) is 0 Å². The van der Waals surface area contributed by atoms with Crippen LogP contribution in [0.1, 0.15) is 24.0 Å². The highest BCUT2D eigenvalue weighted by atomic mass is 16.6. The molecule has 1 aliphatic carbocycles. The standard InChI is InChI=1S/C12H15NO/c1-10-4-2-3-5-12(10)8-13-14-9-11-6-7-11/h2-5,8,11H,6-7,9H2,1H3/b13-8+. The van der Waals surface area contributed by atoms with Gasteiger partial charge in [0.05, 0.1) is 6.21 Å². The molecule has 2 rings (SSSR count). The van der Waals surface area contributed by atoms with E-state index >= 15 is 0 Å². The molecule has 0 bridgehead atoms. The molecule has 14 heavy (non-hydrogen) atoms. The van der Waals surface area contributed by atoms with Gasteiger partial charge in [-0.2, -0.15) is 0 Å². The van der Waals surface area contributed by atoms with Crippen LogP contribution in [0.3, 0.4) is 0 Å². The van der Waals surface area contributed by atoms with Crippen molar-refractivity contribution in [3.8, 4) is 0 Å². The number of oxime groups is 1. The third kappa shape index (κ3) is 2.59. The molecule has 2 nitrogen and oxygen atoms in total. The maximum absolute atomic E-state index is 5.19. The van der Waals surface area contributed by atoms with Crippen molar-refractivity contribution >= 4 is 6.21 Å². The van der Waals surface area contributed by atoms with E-state index in [1.165, 1.54) is 18.4 Å². The normalized spacial score (nSPS) is 16.1. The highest BCUT2D eigenvalue weighted by Gasteiger charge is 2.21. The van der Waals surface area contributed by atoms with Crippen LogP contribution in [-0.4, -0.2) is 12.8 Å². The minimum Gasteiger partial charge on any atom is -0.396 e. The molecule has 1 aromatic rings. The van der Waals surface area contributed by atoms with Gasteiger partial charge in [0.15, 0.2) is 0 Å². The van der Waals surface area contributed by atoms with E-state index in [9.17, 15) is 0 Å². The third-order valence-corrected chi connectivity index (χ3v) is 2.46. The summed E-state index contributed by atoms with van der Waals surface area (Å²) in [4.78, 5) is 5.19. The Labute approximate surface area is 84.6 Å². The average molecular weight is 189 g/mol. The fourth-order valence-corrected chi connectivity index (χ4v) is 1.26. The van der Waals surface area contributed by atoms with Gasteiger partial charge in [0.2, 0.25) is 0 Å². The molecule has 0 radical (unpaired) electrons. The van der Waals surface area contributed by atoms with Crippen LogP contribution in [0, 0.1) is 12.8 Å². The molecule has 0 aliphatic heterocycles. The SMILES string of the molecule is Cc1ccccc1/C=N/OCC1CC1. The topological polar surface area (TPSA) is 21.6 Å². The van der Waals surface area contributed by atoms with Gasteiger partial charge < -0.3 is 4.84 Å². The van der Waals surface area contributed by atoms with Crippen LogP contribution in [0.15, 0.2) is 29.4 Å². The zero-order valence-corrected chi connectivity index (χ0v) is 8.44. The van der Waals surface area contributed by atoms with Crippen molar-refractivity contribution in [2.24, 2.45) is 11.1 Å². The largest absolute Gasteiger partial charge is 0.396 e. The molecular formula is C12H15NO. The highest BCUT2D eigenvalue weighted by molar-refractivity contribution is 5.80. The van der Waals surface area contributed by atoms with Crippen LogP contribution in [0.2, 0.25) is 0 Å². The van der Waals surface area contributed by atoms with E-state index in [1.807, 2.05) is 18.2 Å². The van der Waals surface area contributed by atoms with Crippen molar-refractivity contribution in [2.75, 3.05) is 6.61 Å². The average Bonchev–Trinajstić information content (AvgIpc) is 2.99. The zero-order valence-electron chi connectivity index (χ0n) is 8.44. The summed E-state index contributed by atoms with van der Waals surface area (Å²) < 4.78 is 0. The second-order valence-corrected chi connectivity index (χ2v) is 3.83. The molecule has 0 amide bonds. The summed E-state index contributed by atoms with van der Waals surface area (Å²) in [5.74, 6) is 0.768. The maximum atomic E-state index is 5.19. The quantitative estimate of drug-likeness (QED) is 0.527. The molecule has 0 N–H and O–H groups in total. The molecule has 1 aliphatic rings. The van der Waals surface area contributed by atoms with E-state index in [4.69, 9.17) is 4.84 Å². The second kappa shape index (κ2) is 4.27. The minimum absolute atomic E-state index is 0.768. The molecule has 0 heterocycles. The number of aryl methyl sites for hydroxylation is 1. The first-order chi connectivity index (χ1) is 6.86. The Kier molecular flexibility index (Phi) is 2.82. The molecule has 0 unspecified atom stereocenters. The van der Waals surface area contributed by atoms with E-state index in [1.54, 1.807) is 6.21 Å². The Bertz CT molecular complexity index is 329. The highest BCUT2D eigenvalue weighted by Crippen LogP contribution is 2.28. The number of hydrogen-bond donors (Lipinski definition) is 0. The second-order valence-electron chi connectivity index (χ2n) is 3.83. The maximum Gasteiger partial charge on any atom is 0.120 e. The molecule has 0 atom stereocenters. The van der Waals surface area contributed by atoms with Crippen molar-refractivity contribution in [1.82, 2.24) is 0 Å². The van der Waals surface area contributed by atoms with E-state index in [-0.39, 0.29) is 0 Å². The summed E-state index contributed by atoms with van der Waals surface area (Å²) in [7, 11) is 0. The number of nitrogens with zero attached hydrogens (tertiary/aromatic N) is 1. The van der Waals surface area contributed by atoms with Crippen molar-refractivity contribution in [1.29, 1.82) is 0 Å². The summed E-state index contributed by atoms with van der Waals surface area (Å²) in [6.45, 7) is 2.85. The lowest BCUT2D eigenvalue weighted by Crippen LogP contribution is -1.91. The summed E-state index contributed by atoms with van der Waals surface area (Å²) in [6.07, 6.45) is 4.40. The Hall–Kier alpha value is -1.31. The Morgan fingerprint density at radius 3 is 2.93 bits per heavy atom. The predicted octanol–water partition coefficient (Wildman–Crippen LogP) is 2.76. The predicted molar refractivity (Wildman–Crippen MR) is 57.4 cm³/mol. The van der Waals surface area contributed by atoms with E-state index in [0.29, 0.717) is 0 Å². The minimum atomic E-state index is 0.768. The van der Waals surface area contributed by atoms with E-state index < -0.39 is 0 Å². The van der Waals surface area contributed by atoms with Crippen LogP contribution >= 0.6 is 0 Å². The van der Waals surface area contributed by atoms with Gasteiger partial charge in [-0.15, -0.1) is 0 Å². The number of benzene rings is 1. The molecule has 0 spiro atoms. The van der Waals surface area contributed by atoms with Crippen LogP contribution in [0.25, 0.3) is 0 Å². The Morgan fingerprint density at radius 2 is 2.21 bits per heavy atom. The smallest absolute Gasteiger partial charge is 0.120 e. The first-order valence-corrected chi connectivity index (χ1v) is 5.07. The molecule has 2 heteroatoms. The lowest BCUT2D eigenvalue weighted by Gasteiger charge is -1.98. The van der Waals surface area contributed by atoms with Crippen molar-refractivity contribution in [2.45, 2.75) is 19.8 Å². The molecule has 0 saturated heterocycles. The first kappa shape index (κ1) is 9.25. The van der Waals surface area contributed by atoms with Crippen molar-refractivity contribution in [3.63, 3.8) is 0 Å². The molecule has 74 valence electrons. The van der Waals surface area contributed by atoms with Crippen LogP contribution < -0.4 is 0 Å². The van der Waals surface area contributed by atoms with Gasteiger partial charge in [-0.1, -0.05) is 29.4 Å². The van der Waals surface area contributed by atoms with Gasteiger partial charge in [-0.05, 0) is 36.8 Å². The van der Waals surface area contributed by atoms with Gasteiger partial charge in [0.1, 0.15) is 6.61 Å². The lowest BCUT2D eigenvalue weighted by atomic mass is 10.1. The Morgan fingerprint density at radius 1 is 1.43 bits per heavy atom. The van der Waals surface area contributed by atoms with Gasteiger partial charge >= 0.3 is 0 Å². The third-order valence-electron chi connectivity index (χ3n) is 2.46. The lowest BCUT2D eigenvalue weighted by molar-refractivity contribution is 0.135. The van der Waals surface area contributed by atoms with Gasteiger partial charge in [-0.3, -0.25) is 0 Å². The summed E-state index contributed by atoms with van der Waals surface area (Å²) in [5, 5.41) is 3.96. The first-order valence-electron chi connectivity index (χ1n) is 5.07. The monoisotopic (exact) mass is 189 g/mol. The van der Waals surface area contributed by atoms with Gasteiger partial charge in [0, 0.05) is 0 Å². The number of hydrogen-bond acceptors (Lipinski definition) is 2. The molecule has 1 aromatic carbocycles. The fraction of sp³-hybridized carbons (Fsp3) is 0.417. The van der Waals surface area contributed by atoms with Crippen LogP contribution in [-0.2, 0) is 4.84 Å². The summed E-state index contributed by atoms with van der Waals surface area (Å²) in [6, 6.07) is 8.15.